The second-order valence-electron chi connectivity index (χ2n) is 5.02. The van der Waals surface area contributed by atoms with E-state index in [0.717, 1.165) is 36.3 Å². The number of ketones is 1. The first-order chi connectivity index (χ1) is 8.74. The number of aromatic nitrogens is 2. The Labute approximate surface area is 110 Å². The van der Waals surface area contributed by atoms with Gasteiger partial charge in [-0.05, 0) is 12.8 Å². The number of fused-ring (bicyclic) bond motifs is 1. The highest BCUT2D eigenvalue weighted by Gasteiger charge is 2.28. The van der Waals surface area contributed by atoms with Crippen LogP contribution in [0.15, 0.2) is 17.8 Å². The first-order valence-electron chi connectivity index (χ1n) is 6.43. The van der Waals surface area contributed by atoms with Crippen LogP contribution in [0.25, 0.3) is 4.96 Å². The number of rotatable bonds is 3. The zero-order valence-corrected chi connectivity index (χ0v) is 11.0. The van der Waals surface area contributed by atoms with E-state index in [4.69, 9.17) is 5.73 Å². The lowest BCUT2D eigenvalue weighted by molar-refractivity contribution is -0.123. The van der Waals surface area contributed by atoms with E-state index in [-0.39, 0.29) is 17.7 Å². The predicted molar refractivity (Wildman–Crippen MR) is 71.7 cm³/mol. The Hall–Kier alpha value is -1.20. The Balaban J connectivity index is 1.71. The molecule has 4 nitrogen and oxygen atoms in total. The van der Waals surface area contributed by atoms with Crippen LogP contribution in [-0.2, 0) is 11.2 Å². The second kappa shape index (κ2) is 4.82. The summed E-state index contributed by atoms with van der Waals surface area (Å²) < 4.78 is 1.97. The van der Waals surface area contributed by atoms with Crippen LogP contribution < -0.4 is 5.73 Å². The molecule has 18 heavy (non-hydrogen) atoms. The largest absolute Gasteiger partial charge is 0.327 e. The molecular formula is C13H17N3OS. The highest BCUT2D eigenvalue weighted by Crippen LogP contribution is 2.25. The van der Waals surface area contributed by atoms with Crippen LogP contribution >= 0.6 is 11.3 Å². The molecule has 1 aliphatic carbocycles. The third-order valence-corrected chi connectivity index (χ3v) is 4.50. The molecule has 0 spiro atoms. The van der Waals surface area contributed by atoms with Crippen molar-refractivity contribution in [3.63, 3.8) is 0 Å². The van der Waals surface area contributed by atoms with E-state index in [1.807, 2.05) is 22.2 Å². The lowest BCUT2D eigenvalue weighted by Gasteiger charge is -2.27. The smallest absolute Gasteiger partial charge is 0.193 e. The zero-order chi connectivity index (χ0) is 12.5. The number of thiazole rings is 1. The van der Waals surface area contributed by atoms with Gasteiger partial charge in [-0.1, -0.05) is 12.8 Å². The molecule has 0 saturated heterocycles. The summed E-state index contributed by atoms with van der Waals surface area (Å²) in [6, 6.07) is 0.0509. The van der Waals surface area contributed by atoms with Crippen molar-refractivity contribution < 1.29 is 4.79 Å². The molecule has 2 atom stereocenters. The molecule has 2 heterocycles. The average molecular weight is 263 g/mol. The van der Waals surface area contributed by atoms with E-state index < -0.39 is 0 Å². The molecule has 96 valence electrons. The molecule has 3 rings (SSSR count). The van der Waals surface area contributed by atoms with E-state index >= 15 is 0 Å². The Morgan fingerprint density at radius 3 is 3.11 bits per heavy atom. The minimum atomic E-state index is 0.0403. The van der Waals surface area contributed by atoms with E-state index in [2.05, 4.69) is 4.98 Å². The molecule has 2 N–H and O–H groups in total. The molecule has 5 heteroatoms. The summed E-state index contributed by atoms with van der Waals surface area (Å²) in [5.74, 6) is 0.298. The maximum Gasteiger partial charge on any atom is 0.193 e. The normalized spacial score (nSPS) is 24.5. The van der Waals surface area contributed by atoms with Gasteiger partial charge in [0.05, 0.1) is 12.1 Å². The van der Waals surface area contributed by atoms with Crippen molar-refractivity contribution >= 4 is 22.1 Å². The fourth-order valence-electron chi connectivity index (χ4n) is 2.73. The van der Waals surface area contributed by atoms with Crippen molar-refractivity contribution in [2.24, 2.45) is 11.7 Å². The Morgan fingerprint density at radius 1 is 1.50 bits per heavy atom. The molecule has 2 unspecified atom stereocenters. The van der Waals surface area contributed by atoms with Crippen LogP contribution in [0.4, 0.5) is 0 Å². The number of Topliss-reactive ketones (excluding diaryl/α,β-unsaturated/α-hetero) is 1. The van der Waals surface area contributed by atoms with E-state index in [0.29, 0.717) is 6.42 Å². The third kappa shape index (κ3) is 2.20. The van der Waals surface area contributed by atoms with Crippen molar-refractivity contribution in [3.05, 3.63) is 23.5 Å². The van der Waals surface area contributed by atoms with Crippen LogP contribution in [0.2, 0.25) is 0 Å². The molecule has 2 aromatic heterocycles. The Bertz CT molecular complexity index is 531. The minimum Gasteiger partial charge on any atom is -0.327 e. The summed E-state index contributed by atoms with van der Waals surface area (Å²) in [4.78, 5) is 17.7. The molecule has 2 aromatic rings. The van der Waals surface area contributed by atoms with Gasteiger partial charge in [-0.25, -0.2) is 4.98 Å². The predicted octanol–water partition coefficient (Wildman–Crippen LogP) is 2.02. The minimum absolute atomic E-state index is 0.0403. The van der Waals surface area contributed by atoms with Crippen LogP contribution in [0.1, 0.15) is 31.4 Å². The van der Waals surface area contributed by atoms with Gasteiger partial charge in [0.1, 0.15) is 5.78 Å². The summed E-state index contributed by atoms with van der Waals surface area (Å²) in [6.07, 6.45) is 8.54. The van der Waals surface area contributed by atoms with Crippen molar-refractivity contribution in [3.8, 4) is 0 Å². The second-order valence-corrected chi connectivity index (χ2v) is 5.90. The maximum atomic E-state index is 12.3. The third-order valence-electron chi connectivity index (χ3n) is 3.73. The van der Waals surface area contributed by atoms with E-state index in [1.165, 1.54) is 0 Å². The number of nitrogens with zero attached hydrogens (tertiary/aromatic N) is 2. The molecule has 0 amide bonds. The molecular weight excluding hydrogens is 246 g/mol. The molecule has 1 saturated carbocycles. The van der Waals surface area contributed by atoms with Crippen molar-refractivity contribution in [2.75, 3.05) is 0 Å². The lowest BCUT2D eigenvalue weighted by Crippen LogP contribution is -2.38. The monoisotopic (exact) mass is 263 g/mol. The fourth-order valence-corrected chi connectivity index (χ4v) is 3.45. The SMILES string of the molecule is NC1CCCCC1C(=O)Cc1cn2ccsc2n1. The number of hydrogen-bond acceptors (Lipinski definition) is 4. The van der Waals surface area contributed by atoms with Crippen molar-refractivity contribution in [2.45, 2.75) is 38.1 Å². The average Bonchev–Trinajstić information content (AvgIpc) is 2.90. The fraction of sp³-hybridized carbons (Fsp3) is 0.538. The van der Waals surface area contributed by atoms with Gasteiger partial charge in [-0.2, -0.15) is 0 Å². The Morgan fingerprint density at radius 2 is 2.33 bits per heavy atom. The quantitative estimate of drug-likeness (QED) is 0.921. The topological polar surface area (TPSA) is 60.4 Å². The molecule has 0 radical (unpaired) electrons. The van der Waals surface area contributed by atoms with Gasteiger partial charge in [0, 0.05) is 29.7 Å². The van der Waals surface area contributed by atoms with Gasteiger partial charge in [0.15, 0.2) is 4.96 Å². The number of nitrogens with two attached hydrogens (primary N) is 1. The highest BCUT2D eigenvalue weighted by molar-refractivity contribution is 7.15. The Kier molecular flexibility index (Phi) is 3.18. The van der Waals surface area contributed by atoms with Gasteiger partial charge < -0.3 is 5.73 Å². The lowest BCUT2D eigenvalue weighted by atomic mass is 9.81. The molecule has 0 aliphatic heterocycles. The van der Waals surface area contributed by atoms with Crippen molar-refractivity contribution in [1.29, 1.82) is 0 Å². The summed E-state index contributed by atoms with van der Waals surface area (Å²) in [5.41, 5.74) is 6.91. The number of carbonyl (C=O) groups is 1. The van der Waals surface area contributed by atoms with Gasteiger partial charge >= 0.3 is 0 Å². The first-order valence-corrected chi connectivity index (χ1v) is 7.31. The van der Waals surface area contributed by atoms with Gasteiger partial charge in [0.25, 0.3) is 0 Å². The van der Waals surface area contributed by atoms with Gasteiger partial charge in [0.2, 0.25) is 0 Å². The highest BCUT2D eigenvalue weighted by atomic mass is 32.1. The van der Waals surface area contributed by atoms with Gasteiger partial charge in [-0.15, -0.1) is 11.3 Å². The van der Waals surface area contributed by atoms with Crippen LogP contribution in [0.5, 0.6) is 0 Å². The molecule has 1 fully saturated rings. The number of hydrogen-bond donors (Lipinski definition) is 1. The van der Waals surface area contributed by atoms with Crippen LogP contribution in [0, 0.1) is 5.92 Å². The molecule has 0 aromatic carbocycles. The standard InChI is InChI=1S/C13H17N3OS/c14-11-4-2-1-3-10(11)12(17)7-9-8-16-5-6-18-13(16)15-9/h5-6,8,10-11H,1-4,7,14H2. The maximum absolute atomic E-state index is 12.3. The number of carbonyl (C=O) groups excluding carboxylic acids is 1. The van der Waals surface area contributed by atoms with E-state index in [1.54, 1.807) is 11.3 Å². The number of imidazole rings is 1. The summed E-state index contributed by atoms with van der Waals surface area (Å²) in [7, 11) is 0. The first kappa shape index (κ1) is 11.9. The summed E-state index contributed by atoms with van der Waals surface area (Å²) in [5, 5.41) is 1.99. The van der Waals surface area contributed by atoms with E-state index in [9.17, 15) is 4.79 Å². The van der Waals surface area contributed by atoms with Gasteiger partial charge in [-0.3, -0.25) is 9.20 Å². The van der Waals surface area contributed by atoms with Crippen molar-refractivity contribution in [1.82, 2.24) is 9.38 Å². The molecule has 0 bridgehead atoms. The van der Waals surface area contributed by atoms with Crippen LogP contribution in [0.3, 0.4) is 0 Å². The molecule has 1 aliphatic rings. The summed E-state index contributed by atoms with van der Waals surface area (Å²) in [6.45, 7) is 0. The zero-order valence-electron chi connectivity index (χ0n) is 10.2. The van der Waals surface area contributed by atoms with Crippen LogP contribution in [-0.4, -0.2) is 21.2 Å². The summed E-state index contributed by atoms with van der Waals surface area (Å²) >= 11 is 1.59.